The third kappa shape index (κ3) is 7.97. The normalized spacial score (nSPS) is 12.8. The maximum atomic E-state index is 14.0. The van der Waals surface area contributed by atoms with Gasteiger partial charge in [0.15, 0.2) is 0 Å². The number of benzene rings is 3. The third-order valence-electron chi connectivity index (χ3n) is 6.36. The molecule has 7 nitrogen and oxygen atoms in total. The number of halogens is 2. The number of carbonyl (C=O) groups is 2. The van der Waals surface area contributed by atoms with Gasteiger partial charge in [-0.05, 0) is 67.8 Å². The van der Waals surface area contributed by atoms with E-state index in [4.69, 9.17) is 23.2 Å². The lowest BCUT2D eigenvalue weighted by Gasteiger charge is -2.33. The number of carbonyl (C=O) groups excluding carboxylic acids is 2. The maximum absolute atomic E-state index is 14.0. The van der Waals surface area contributed by atoms with E-state index in [0.717, 1.165) is 16.3 Å². The summed E-state index contributed by atoms with van der Waals surface area (Å²) in [6, 6.07) is 20.3. The molecule has 0 radical (unpaired) electrons. The lowest BCUT2D eigenvalue weighted by atomic mass is 10.1. The Hall–Kier alpha value is -3.07. The molecular formula is C29H33Cl2N3O4S. The number of nitrogens with zero attached hydrogens (tertiary/aromatic N) is 2. The molecule has 1 N–H and O–H groups in total. The SMILES string of the molecule is CC[C@@H](C)NC(=O)[C@H](CC)N(Cc1ccc(Cl)cc1)C(=O)CN(c1cccc(Cl)c1)S(=O)(=O)c1ccccc1. The molecule has 0 aromatic heterocycles. The molecule has 2 amide bonds. The molecule has 0 bridgehead atoms. The van der Waals surface area contributed by atoms with Gasteiger partial charge in [0.2, 0.25) is 11.8 Å². The van der Waals surface area contributed by atoms with E-state index < -0.39 is 28.5 Å². The quantitative estimate of drug-likeness (QED) is 0.284. The van der Waals surface area contributed by atoms with Gasteiger partial charge in [-0.2, -0.15) is 0 Å². The van der Waals surface area contributed by atoms with Crippen molar-refractivity contribution in [2.75, 3.05) is 10.8 Å². The third-order valence-corrected chi connectivity index (χ3v) is 8.63. The van der Waals surface area contributed by atoms with Gasteiger partial charge in [0.25, 0.3) is 10.0 Å². The molecule has 208 valence electrons. The van der Waals surface area contributed by atoms with Crippen LogP contribution < -0.4 is 9.62 Å². The van der Waals surface area contributed by atoms with Crippen LogP contribution in [0.5, 0.6) is 0 Å². The van der Waals surface area contributed by atoms with Gasteiger partial charge in [-0.3, -0.25) is 13.9 Å². The number of sulfonamides is 1. The average Bonchev–Trinajstić information content (AvgIpc) is 2.92. The first-order chi connectivity index (χ1) is 18.6. The highest BCUT2D eigenvalue weighted by Crippen LogP contribution is 2.27. The van der Waals surface area contributed by atoms with E-state index in [9.17, 15) is 18.0 Å². The predicted octanol–water partition coefficient (Wildman–Crippen LogP) is 5.91. The van der Waals surface area contributed by atoms with Crippen LogP contribution in [-0.4, -0.2) is 43.8 Å². The summed E-state index contributed by atoms with van der Waals surface area (Å²) in [5.41, 5.74) is 0.992. The number of rotatable bonds is 12. The fraction of sp³-hybridized carbons (Fsp3) is 0.310. The molecule has 39 heavy (non-hydrogen) atoms. The van der Waals surface area contributed by atoms with Crippen LogP contribution in [0.15, 0.2) is 83.8 Å². The Morgan fingerprint density at radius 1 is 0.872 bits per heavy atom. The van der Waals surface area contributed by atoms with Crippen LogP contribution in [0.1, 0.15) is 39.2 Å². The van der Waals surface area contributed by atoms with Crippen molar-refractivity contribution in [1.82, 2.24) is 10.2 Å². The summed E-state index contributed by atoms with van der Waals surface area (Å²) < 4.78 is 28.6. The largest absolute Gasteiger partial charge is 0.352 e. The Labute approximate surface area is 240 Å². The number of anilines is 1. The Kier molecular flexibility index (Phi) is 10.8. The molecule has 0 saturated heterocycles. The van der Waals surface area contributed by atoms with Crippen LogP contribution in [0, 0.1) is 0 Å². The van der Waals surface area contributed by atoms with E-state index in [1.807, 2.05) is 20.8 Å². The highest BCUT2D eigenvalue weighted by atomic mass is 35.5. The van der Waals surface area contributed by atoms with Gasteiger partial charge in [-0.15, -0.1) is 0 Å². The minimum absolute atomic E-state index is 0.0311. The van der Waals surface area contributed by atoms with Gasteiger partial charge in [-0.1, -0.05) is 73.4 Å². The van der Waals surface area contributed by atoms with Crippen molar-refractivity contribution in [3.05, 3.63) is 94.5 Å². The van der Waals surface area contributed by atoms with Crippen LogP contribution in [-0.2, 0) is 26.2 Å². The highest BCUT2D eigenvalue weighted by molar-refractivity contribution is 7.92. The minimum Gasteiger partial charge on any atom is -0.352 e. The molecule has 0 spiro atoms. The number of amides is 2. The van der Waals surface area contributed by atoms with Crippen molar-refractivity contribution in [3.8, 4) is 0 Å². The minimum atomic E-state index is -4.14. The lowest BCUT2D eigenvalue weighted by Crippen LogP contribution is -2.53. The molecule has 10 heteroatoms. The van der Waals surface area contributed by atoms with E-state index in [-0.39, 0.29) is 29.1 Å². The van der Waals surface area contributed by atoms with Gasteiger partial charge in [0.05, 0.1) is 10.6 Å². The zero-order valence-electron chi connectivity index (χ0n) is 22.2. The number of hydrogen-bond donors (Lipinski definition) is 1. The summed E-state index contributed by atoms with van der Waals surface area (Å²) >= 11 is 12.3. The van der Waals surface area contributed by atoms with Gasteiger partial charge in [-0.25, -0.2) is 8.42 Å². The van der Waals surface area contributed by atoms with E-state index in [1.165, 1.54) is 23.1 Å². The summed E-state index contributed by atoms with van der Waals surface area (Å²) in [6.45, 7) is 5.23. The van der Waals surface area contributed by atoms with Crippen molar-refractivity contribution < 1.29 is 18.0 Å². The second kappa shape index (κ2) is 13.8. The summed E-state index contributed by atoms with van der Waals surface area (Å²) in [5, 5.41) is 3.82. The standard InChI is InChI=1S/C29H33Cl2N3O4S/c1-4-21(3)32-29(36)27(5-2)33(19-22-14-16-23(30)17-15-22)28(35)20-34(25-11-9-10-24(31)18-25)39(37,38)26-12-7-6-8-13-26/h6-18,21,27H,4-5,19-20H2,1-3H3,(H,32,36)/t21-,27+/m1/s1. The Bertz CT molecular complexity index is 1370. The first kappa shape index (κ1) is 30.5. The second-order valence-corrected chi connectivity index (χ2v) is 11.9. The zero-order valence-corrected chi connectivity index (χ0v) is 24.5. The molecule has 0 aliphatic rings. The molecule has 3 aromatic rings. The van der Waals surface area contributed by atoms with E-state index >= 15 is 0 Å². The first-order valence-electron chi connectivity index (χ1n) is 12.7. The highest BCUT2D eigenvalue weighted by Gasteiger charge is 2.34. The molecule has 0 saturated carbocycles. The summed E-state index contributed by atoms with van der Waals surface area (Å²) in [7, 11) is -4.14. The molecule has 3 rings (SSSR count). The van der Waals surface area contributed by atoms with Crippen LogP contribution in [0.3, 0.4) is 0 Å². The van der Waals surface area contributed by atoms with Crippen molar-refractivity contribution in [2.24, 2.45) is 0 Å². The molecule has 3 aromatic carbocycles. The van der Waals surface area contributed by atoms with Crippen molar-refractivity contribution >= 4 is 50.7 Å². The predicted molar refractivity (Wildman–Crippen MR) is 156 cm³/mol. The Balaban J connectivity index is 2.04. The van der Waals surface area contributed by atoms with Crippen LogP contribution >= 0.6 is 23.2 Å². The van der Waals surface area contributed by atoms with Gasteiger partial charge >= 0.3 is 0 Å². The molecule has 0 heterocycles. The Morgan fingerprint density at radius 3 is 2.13 bits per heavy atom. The van der Waals surface area contributed by atoms with Gasteiger partial charge in [0, 0.05) is 22.6 Å². The molecule has 2 atom stereocenters. The summed E-state index contributed by atoms with van der Waals surface area (Å²) in [4.78, 5) is 28.7. The molecule has 0 aliphatic heterocycles. The van der Waals surface area contributed by atoms with E-state index in [2.05, 4.69) is 5.32 Å². The summed E-state index contributed by atoms with van der Waals surface area (Å²) in [5.74, 6) is -0.829. The monoisotopic (exact) mass is 589 g/mol. The fourth-order valence-electron chi connectivity index (χ4n) is 4.03. The average molecular weight is 591 g/mol. The van der Waals surface area contributed by atoms with Crippen LogP contribution in [0.4, 0.5) is 5.69 Å². The molecule has 0 fully saturated rings. The summed E-state index contributed by atoms with van der Waals surface area (Å²) in [6.07, 6.45) is 1.06. The number of hydrogen-bond acceptors (Lipinski definition) is 4. The first-order valence-corrected chi connectivity index (χ1v) is 14.9. The second-order valence-electron chi connectivity index (χ2n) is 9.19. The molecular weight excluding hydrogens is 557 g/mol. The zero-order chi connectivity index (χ0) is 28.6. The van der Waals surface area contributed by atoms with Gasteiger partial charge < -0.3 is 10.2 Å². The van der Waals surface area contributed by atoms with Crippen molar-refractivity contribution in [2.45, 2.75) is 57.1 Å². The fourth-order valence-corrected chi connectivity index (χ4v) is 5.76. The smallest absolute Gasteiger partial charge is 0.264 e. The topological polar surface area (TPSA) is 86.8 Å². The molecule has 0 unspecified atom stereocenters. The van der Waals surface area contributed by atoms with Crippen molar-refractivity contribution in [1.29, 1.82) is 0 Å². The number of nitrogens with one attached hydrogen (secondary N) is 1. The van der Waals surface area contributed by atoms with E-state index in [1.54, 1.807) is 60.7 Å². The maximum Gasteiger partial charge on any atom is 0.264 e. The van der Waals surface area contributed by atoms with Crippen LogP contribution in [0.25, 0.3) is 0 Å². The lowest BCUT2D eigenvalue weighted by molar-refractivity contribution is -0.140. The van der Waals surface area contributed by atoms with Crippen molar-refractivity contribution in [3.63, 3.8) is 0 Å². The van der Waals surface area contributed by atoms with E-state index in [0.29, 0.717) is 16.5 Å². The Morgan fingerprint density at radius 2 is 1.54 bits per heavy atom. The molecule has 0 aliphatic carbocycles. The van der Waals surface area contributed by atoms with Gasteiger partial charge in [0.1, 0.15) is 12.6 Å². The van der Waals surface area contributed by atoms with Crippen LogP contribution in [0.2, 0.25) is 10.0 Å².